The first-order valence-electron chi connectivity index (χ1n) is 6.10. The Morgan fingerprint density at radius 1 is 1.12 bits per heavy atom. The minimum atomic E-state index is -0.218. The van der Waals surface area contributed by atoms with E-state index in [4.69, 9.17) is 10.5 Å². The molecule has 96 valence electrons. The average Bonchev–Trinajstić information content (AvgIpc) is 2.13. The van der Waals surface area contributed by atoms with Gasteiger partial charge in [0, 0.05) is 5.54 Å². The minimum Gasteiger partial charge on any atom is -0.496 e. The van der Waals surface area contributed by atoms with Gasteiger partial charge in [-0.2, -0.15) is 0 Å². The molecule has 1 aromatic carbocycles. The van der Waals surface area contributed by atoms with Crippen molar-refractivity contribution in [2.24, 2.45) is 5.73 Å². The maximum atomic E-state index is 6.09. The predicted molar refractivity (Wildman–Crippen MR) is 73.7 cm³/mol. The molecule has 0 heterocycles. The lowest BCUT2D eigenvalue weighted by atomic mass is 9.83. The number of nitrogens with two attached hydrogens (primary N) is 1. The monoisotopic (exact) mass is 235 g/mol. The van der Waals surface area contributed by atoms with Crippen LogP contribution in [0.2, 0.25) is 0 Å². The van der Waals surface area contributed by atoms with Crippen LogP contribution < -0.4 is 10.5 Å². The first-order valence-corrected chi connectivity index (χ1v) is 6.10. The number of benzene rings is 1. The Kier molecular flexibility index (Phi) is 3.88. The molecule has 0 saturated carbocycles. The third-order valence-corrected chi connectivity index (χ3v) is 2.75. The average molecular weight is 235 g/mol. The van der Waals surface area contributed by atoms with E-state index in [1.54, 1.807) is 7.11 Å². The van der Waals surface area contributed by atoms with Gasteiger partial charge in [-0.05, 0) is 36.8 Å². The SMILES string of the molecule is COc1c(CC(C)(C)N)cccc1C(C)(C)C. The Bertz CT molecular complexity index is 383. The maximum absolute atomic E-state index is 6.09. The zero-order valence-electron chi connectivity index (χ0n) is 11.9. The first-order chi connectivity index (χ1) is 7.65. The molecule has 0 radical (unpaired) electrons. The molecule has 0 bridgehead atoms. The van der Waals surface area contributed by atoms with Crippen LogP contribution in [-0.2, 0) is 11.8 Å². The smallest absolute Gasteiger partial charge is 0.125 e. The Morgan fingerprint density at radius 3 is 2.12 bits per heavy atom. The van der Waals surface area contributed by atoms with E-state index >= 15 is 0 Å². The summed E-state index contributed by atoms with van der Waals surface area (Å²) in [5.74, 6) is 0.985. The van der Waals surface area contributed by atoms with E-state index in [2.05, 4.69) is 39.0 Å². The second-order valence-electron chi connectivity index (χ2n) is 6.41. The van der Waals surface area contributed by atoms with Gasteiger partial charge in [0.1, 0.15) is 5.75 Å². The first kappa shape index (κ1) is 14.0. The molecule has 0 spiro atoms. The molecule has 1 rings (SSSR count). The highest BCUT2D eigenvalue weighted by Gasteiger charge is 2.22. The quantitative estimate of drug-likeness (QED) is 0.872. The summed E-state index contributed by atoms with van der Waals surface area (Å²) in [6.07, 6.45) is 0.820. The molecule has 0 aliphatic heterocycles. The lowest BCUT2D eigenvalue weighted by Gasteiger charge is -2.26. The number of ether oxygens (including phenoxy) is 1. The molecular weight excluding hydrogens is 210 g/mol. The summed E-state index contributed by atoms with van der Waals surface area (Å²) in [6.45, 7) is 10.7. The molecule has 1 aromatic rings. The van der Waals surface area contributed by atoms with Crippen LogP contribution in [0.5, 0.6) is 5.75 Å². The molecule has 0 amide bonds. The Morgan fingerprint density at radius 2 is 1.71 bits per heavy atom. The normalized spacial score (nSPS) is 12.6. The maximum Gasteiger partial charge on any atom is 0.125 e. The number of hydrogen-bond donors (Lipinski definition) is 1. The van der Waals surface area contributed by atoms with Gasteiger partial charge in [-0.3, -0.25) is 0 Å². The van der Waals surface area contributed by atoms with E-state index in [-0.39, 0.29) is 11.0 Å². The number of rotatable bonds is 3. The van der Waals surface area contributed by atoms with Crippen molar-refractivity contribution < 1.29 is 4.74 Å². The fourth-order valence-electron chi connectivity index (χ4n) is 2.05. The molecule has 2 nitrogen and oxygen atoms in total. The standard InChI is InChI=1S/C15H25NO/c1-14(2,3)12-9-7-8-11(13(12)17-6)10-15(4,5)16/h7-9H,10,16H2,1-6H3. The number of hydrogen-bond acceptors (Lipinski definition) is 2. The Balaban J connectivity index is 3.24. The number of methoxy groups -OCH3 is 1. The highest BCUT2D eigenvalue weighted by Crippen LogP contribution is 2.35. The van der Waals surface area contributed by atoms with Crippen LogP contribution in [0.15, 0.2) is 18.2 Å². The molecule has 0 saturated heterocycles. The summed E-state index contributed by atoms with van der Waals surface area (Å²) < 4.78 is 5.59. The second kappa shape index (κ2) is 4.69. The van der Waals surface area contributed by atoms with Gasteiger partial charge in [0.25, 0.3) is 0 Å². The van der Waals surface area contributed by atoms with Crippen molar-refractivity contribution in [1.82, 2.24) is 0 Å². The summed E-state index contributed by atoms with van der Waals surface area (Å²) >= 11 is 0. The zero-order valence-corrected chi connectivity index (χ0v) is 11.9. The molecule has 0 unspecified atom stereocenters. The largest absolute Gasteiger partial charge is 0.496 e. The molecule has 0 aromatic heterocycles. The Labute approximate surface area is 105 Å². The van der Waals surface area contributed by atoms with E-state index in [0.29, 0.717) is 0 Å². The van der Waals surface area contributed by atoms with Gasteiger partial charge in [0.2, 0.25) is 0 Å². The van der Waals surface area contributed by atoms with Crippen LogP contribution in [0.4, 0.5) is 0 Å². The highest BCUT2D eigenvalue weighted by atomic mass is 16.5. The fourth-order valence-corrected chi connectivity index (χ4v) is 2.05. The molecular formula is C15H25NO. The van der Waals surface area contributed by atoms with Gasteiger partial charge in [0.05, 0.1) is 7.11 Å². The minimum absolute atomic E-state index is 0.0834. The van der Waals surface area contributed by atoms with Crippen molar-refractivity contribution in [1.29, 1.82) is 0 Å². The van der Waals surface area contributed by atoms with E-state index in [9.17, 15) is 0 Å². The van der Waals surface area contributed by atoms with Crippen molar-refractivity contribution in [3.8, 4) is 5.75 Å². The third-order valence-electron chi connectivity index (χ3n) is 2.75. The summed E-state index contributed by atoms with van der Waals surface area (Å²) in [7, 11) is 1.73. The van der Waals surface area contributed by atoms with Gasteiger partial charge < -0.3 is 10.5 Å². The summed E-state index contributed by atoms with van der Waals surface area (Å²) in [6, 6.07) is 6.32. The van der Waals surface area contributed by atoms with Crippen molar-refractivity contribution in [3.05, 3.63) is 29.3 Å². The van der Waals surface area contributed by atoms with Crippen LogP contribution in [-0.4, -0.2) is 12.6 Å². The van der Waals surface area contributed by atoms with Gasteiger partial charge in [0.15, 0.2) is 0 Å². The Hall–Kier alpha value is -1.02. The van der Waals surface area contributed by atoms with Crippen LogP contribution in [0.1, 0.15) is 45.7 Å². The van der Waals surface area contributed by atoms with Crippen molar-refractivity contribution in [2.45, 2.75) is 52.0 Å². The second-order valence-corrected chi connectivity index (χ2v) is 6.41. The molecule has 17 heavy (non-hydrogen) atoms. The molecule has 0 aliphatic carbocycles. The van der Waals surface area contributed by atoms with Crippen molar-refractivity contribution in [3.63, 3.8) is 0 Å². The van der Waals surface area contributed by atoms with E-state index in [1.807, 2.05) is 13.8 Å². The third kappa shape index (κ3) is 3.74. The number of para-hydroxylation sites is 1. The molecule has 2 heteroatoms. The van der Waals surface area contributed by atoms with Crippen LogP contribution in [0.25, 0.3) is 0 Å². The van der Waals surface area contributed by atoms with Gasteiger partial charge in [-0.15, -0.1) is 0 Å². The lowest BCUT2D eigenvalue weighted by molar-refractivity contribution is 0.386. The fraction of sp³-hybridized carbons (Fsp3) is 0.600. The highest BCUT2D eigenvalue weighted by molar-refractivity contribution is 5.45. The lowest BCUT2D eigenvalue weighted by Crippen LogP contribution is -2.34. The van der Waals surface area contributed by atoms with Gasteiger partial charge in [-0.1, -0.05) is 39.0 Å². The summed E-state index contributed by atoms with van der Waals surface area (Å²) in [4.78, 5) is 0. The zero-order chi connectivity index (χ0) is 13.3. The molecule has 0 aliphatic rings. The topological polar surface area (TPSA) is 35.2 Å². The van der Waals surface area contributed by atoms with E-state index in [0.717, 1.165) is 12.2 Å². The van der Waals surface area contributed by atoms with Crippen LogP contribution in [0.3, 0.4) is 0 Å². The van der Waals surface area contributed by atoms with E-state index in [1.165, 1.54) is 11.1 Å². The molecule has 2 N–H and O–H groups in total. The van der Waals surface area contributed by atoms with Gasteiger partial charge >= 0.3 is 0 Å². The van der Waals surface area contributed by atoms with Crippen LogP contribution >= 0.6 is 0 Å². The molecule has 0 fully saturated rings. The van der Waals surface area contributed by atoms with E-state index < -0.39 is 0 Å². The summed E-state index contributed by atoms with van der Waals surface area (Å²) in [5, 5.41) is 0. The van der Waals surface area contributed by atoms with Gasteiger partial charge in [-0.25, -0.2) is 0 Å². The summed E-state index contributed by atoms with van der Waals surface area (Å²) in [5.41, 5.74) is 8.38. The van der Waals surface area contributed by atoms with Crippen LogP contribution in [0, 0.1) is 0 Å². The predicted octanol–water partition coefficient (Wildman–Crippen LogP) is 3.27. The molecule has 0 atom stereocenters. The van der Waals surface area contributed by atoms with Crippen molar-refractivity contribution in [2.75, 3.05) is 7.11 Å². The van der Waals surface area contributed by atoms with Crippen molar-refractivity contribution >= 4 is 0 Å².